The van der Waals surface area contributed by atoms with Crippen LogP contribution in [0.1, 0.15) is 28.4 Å². The number of carbonyl (C=O) groups excluding carboxylic acids is 1. The molecule has 3 rings (SSSR count). The highest BCUT2D eigenvalue weighted by atomic mass is 35.5. The fraction of sp³-hybridized carbons (Fsp3) is 0.462. The summed E-state index contributed by atoms with van der Waals surface area (Å²) < 4.78 is 40.6. The summed E-state index contributed by atoms with van der Waals surface area (Å²) in [6.45, 7) is 0.217. The summed E-state index contributed by atoms with van der Waals surface area (Å²) in [7, 11) is 0. The summed E-state index contributed by atoms with van der Waals surface area (Å²) >= 11 is 12.8. The Morgan fingerprint density at radius 1 is 1.42 bits per heavy atom. The van der Waals surface area contributed by atoms with Crippen molar-refractivity contribution in [1.82, 2.24) is 20.1 Å². The van der Waals surface area contributed by atoms with Crippen LogP contribution in [0.25, 0.3) is 0 Å². The zero-order valence-corrected chi connectivity index (χ0v) is 14.4. The van der Waals surface area contributed by atoms with Crippen molar-refractivity contribution in [2.24, 2.45) is 5.92 Å². The van der Waals surface area contributed by atoms with E-state index in [1.54, 1.807) is 4.57 Å². The second kappa shape index (κ2) is 6.53. The molecule has 0 aliphatic carbocycles. The maximum atomic E-state index is 12.8. The molecule has 0 saturated carbocycles. The average Bonchev–Trinajstić information content (AvgIpc) is 3.06. The standard InChI is InChI=1S/C13H11Cl2F3N4OS/c14-8-4-7(11(15)24-8)12(23)19-5-10-21-20-9-3-6(13(16,17)18)1-2-22(9)10/h4,6H,1-3,5H2,(H,19,23)/t6-/m0/s1. The monoisotopic (exact) mass is 398 g/mol. The molecule has 0 fully saturated rings. The van der Waals surface area contributed by atoms with Gasteiger partial charge in [-0.2, -0.15) is 13.2 Å². The van der Waals surface area contributed by atoms with Crippen LogP contribution in [0.4, 0.5) is 13.2 Å². The van der Waals surface area contributed by atoms with Gasteiger partial charge >= 0.3 is 6.18 Å². The number of hydrogen-bond donors (Lipinski definition) is 1. The van der Waals surface area contributed by atoms with E-state index in [1.165, 1.54) is 6.07 Å². The van der Waals surface area contributed by atoms with Crippen LogP contribution in [0.3, 0.4) is 0 Å². The minimum absolute atomic E-state index is 0.0263. The van der Waals surface area contributed by atoms with E-state index in [4.69, 9.17) is 23.2 Å². The fourth-order valence-electron chi connectivity index (χ4n) is 2.55. The molecule has 130 valence electrons. The number of nitrogens with zero attached hydrogens (tertiary/aromatic N) is 3. The summed E-state index contributed by atoms with van der Waals surface area (Å²) in [5, 5.41) is 10.3. The van der Waals surface area contributed by atoms with Gasteiger partial charge in [-0.05, 0) is 12.5 Å². The number of rotatable bonds is 3. The van der Waals surface area contributed by atoms with Gasteiger partial charge in [0.05, 0.1) is 22.4 Å². The number of nitrogens with one attached hydrogen (secondary N) is 1. The van der Waals surface area contributed by atoms with Crippen LogP contribution >= 0.6 is 34.5 Å². The molecule has 0 radical (unpaired) electrons. The Bertz CT molecular complexity index is 774. The molecular formula is C13H11Cl2F3N4OS. The number of hydrogen-bond acceptors (Lipinski definition) is 4. The van der Waals surface area contributed by atoms with E-state index < -0.39 is 18.0 Å². The van der Waals surface area contributed by atoms with Crippen LogP contribution in [-0.4, -0.2) is 26.8 Å². The number of alkyl halides is 3. The maximum absolute atomic E-state index is 12.8. The van der Waals surface area contributed by atoms with E-state index in [-0.39, 0.29) is 41.7 Å². The molecule has 0 spiro atoms. The second-order valence-electron chi connectivity index (χ2n) is 5.34. The van der Waals surface area contributed by atoms with Gasteiger partial charge in [-0.1, -0.05) is 23.2 Å². The van der Waals surface area contributed by atoms with Gasteiger partial charge in [-0.15, -0.1) is 21.5 Å². The first-order valence-electron chi connectivity index (χ1n) is 6.96. The molecule has 2 aromatic rings. The van der Waals surface area contributed by atoms with Gasteiger partial charge in [-0.3, -0.25) is 4.79 Å². The molecule has 0 unspecified atom stereocenters. The largest absolute Gasteiger partial charge is 0.392 e. The minimum atomic E-state index is -4.24. The first-order chi connectivity index (χ1) is 11.3. The van der Waals surface area contributed by atoms with Crippen LogP contribution in [0.15, 0.2) is 6.07 Å². The Morgan fingerprint density at radius 2 is 2.17 bits per heavy atom. The van der Waals surface area contributed by atoms with Crippen molar-refractivity contribution < 1.29 is 18.0 Å². The average molecular weight is 399 g/mol. The normalized spacial score (nSPS) is 17.6. The molecule has 0 aromatic carbocycles. The molecule has 0 bridgehead atoms. The Kier molecular flexibility index (Phi) is 4.76. The zero-order chi connectivity index (χ0) is 17.5. The lowest BCUT2D eigenvalue weighted by molar-refractivity contribution is -0.179. The number of halogens is 5. The van der Waals surface area contributed by atoms with E-state index in [9.17, 15) is 18.0 Å². The third kappa shape index (κ3) is 3.52. The highest BCUT2D eigenvalue weighted by Gasteiger charge is 2.42. The third-order valence-corrected chi connectivity index (χ3v) is 5.29. The first kappa shape index (κ1) is 17.5. The molecule has 1 N–H and O–H groups in total. The molecule has 1 amide bonds. The Labute approximate surface area is 148 Å². The van der Waals surface area contributed by atoms with Crippen molar-refractivity contribution >= 4 is 40.4 Å². The van der Waals surface area contributed by atoms with Gasteiger partial charge in [0.15, 0.2) is 5.82 Å². The van der Waals surface area contributed by atoms with Crippen LogP contribution in [-0.2, 0) is 19.5 Å². The summed E-state index contributed by atoms with van der Waals surface area (Å²) in [5.74, 6) is -1.13. The lowest BCUT2D eigenvalue weighted by atomic mass is 9.97. The molecule has 1 atom stereocenters. The fourth-order valence-corrected chi connectivity index (χ4v) is 4.01. The zero-order valence-electron chi connectivity index (χ0n) is 12.0. The number of fused-ring (bicyclic) bond motifs is 1. The van der Waals surface area contributed by atoms with E-state index in [2.05, 4.69) is 15.5 Å². The van der Waals surface area contributed by atoms with Crippen molar-refractivity contribution in [3.8, 4) is 0 Å². The van der Waals surface area contributed by atoms with Crippen LogP contribution in [0.5, 0.6) is 0 Å². The van der Waals surface area contributed by atoms with E-state index in [0.29, 0.717) is 10.2 Å². The van der Waals surface area contributed by atoms with E-state index >= 15 is 0 Å². The molecule has 2 aromatic heterocycles. The van der Waals surface area contributed by atoms with Crippen LogP contribution in [0, 0.1) is 5.92 Å². The highest BCUT2D eigenvalue weighted by molar-refractivity contribution is 7.20. The third-order valence-electron chi connectivity index (χ3n) is 3.81. The molecule has 0 saturated heterocycles. The van der Waals surface area contributed by atoms with Gasteiger partial charge in [0, 0.05) is 13.0 Å². The van der Waals surface area contributed by atoms with E-state index in [0.717, 1.165) is 11.3 Å². The first-order valence-corrected chi connectivity index (χ1v) is 8.53. The van der Waals surface area contributed by atoms with Crippen molar-refractivity contribution in [3.05, 3.63) is 32.0 Å². The lowest BCUT2D eigenvalue weighted by Gasteiger charge is -2.25. The van der Waals surface area contributed by atoms with Crippen molar-refractivity contribution in [3.63, 3.8) is 0 Å². The smallest absolute Gasteiger partial charge is 0.345 e. The van der Waals surface area contributed by atoms with Gasteiger partial charge in [0.1, 0.15) is 10.2 Å². The summed E-state index contributed by atoms with van der Waals surface area (Å²) in [6, 6.07) is 1.46. The van der Waals surface area contributed by atoms with E-state index in [1.807, 2.05) is 0 Å². The number of carbonyl (C=O) groups is 1. The quantitative estimate of drug-likeness (QED) is 0.857. The number of thiophene rings is 1. The topological polar surface area (TPSA) is 59.8 Å². The molecular weight excluding hydrogens is 388 g/mol. The molecule has 1 aliphatic rings. The van der Waals surface area contributed by atoms with Gasteiger partial charge in [0.2, 0.25) is 0 Å². The molecule has 11 heteroatoms. The SMILES string of the molecule is O=C(NCc1nnc2n1CC[C@H](C(F)(F)F)C2)c1cc(Cl)sc1Cl. The summed E-state index contributed by atoms with van der Waals surface area (Å²) in [4.78, 5) is 12.1. The van der Waals surface area contributed by atoms with Gasteiger partial charge in [-0.25, -0.2) is 0 Å². The van der Waals surface area contributed by atoms with Crippen LogP contribution < -0.4 is 5.32 Å². The van der Waals surface area contributed by atoms with Crippen molar-refractivity contribution in [2.45, 2.75) is 32.1 Å². The van der Waals surface area contributed by atoms with Gasteiger partial charge < -0.3 is 9.88 Å². The minimum Gasteiger partial charge on any atom is -0.345 e. The van der Waals surface area contributed by atoms with Crippen molar-refractivity contribution in [2.75, 3.05) is 0 Å². The lowest BCUT2D eigenvalue weighted by Crippen LogP contribution is -2.32. The molecule has 24 heavy (non-hydrogen) atoms. The maximum Gasteiger partial charge on any atom is 0.392 e. The molecule has 5 nitrogen and oxygen atoms in total. The molecule has 1 aliphatic heterocycles. The Hall–Kier alpha value is -1.32. The summed E-state index contributed by atoms with van der Waals surface area (Å²) in [5.41, 5.74) is 0.252. The Morgan fingerprint density at radius 3 is 2.79 bits per heavy atom. The molecule has 3 heterocycles. The second-order valence-corrected chi connectivity index (χ2v) is 7.62. The predicted molar refractivity (Wildman–Crippen MR) is 83.4 cm³/mol. The van der Waals surface area contributed by atoms with Gasteiger partial charge in [0.25, 0.3) is 5.91 Å². The number of aromatic nitrogens is 3. The predicted octanol–water partition coefficient (Wildman–Crippen LogP) is 3.70. The van der Waals surface area contributed by atoms with Crippen molar-refractivity contribution in [1.29, 1.82) is 0 Å². The summed E-state index contributed by atoms with van der Waals surface area (Å²) in [6.07, 6.45) is -4.46. The van der Waals surface area contributed by atoms with Crippen LogP contribution in [0.2, 0.25) is 8.67 Å². The Balaban J connectivity index is 1.67. The highest BCUT2D eigenvalue weighted by Crippen LogP contribution is 2.34. The number of amides is 1.